The van der Waals surface area contributed by atoms with E-state index in [4.69, 9.17) is 4.74 Å². The van der Waals surface area contributed by atoms with E-state index >= 15 is 0 Å². The number of benzene rings is 1. The Morgan fingerprint density at radius 2 is 2.00 bits per heavy atom. The lowest BCUT2D eigenvalue weighted by atomic mass is 9.83. The maximum atomic E-state index is 12.8. The van der Waals surface area contributed by atoms with E-state index in [9.17, 15) is 18.0 Å². The van der Waals surface area contributed by atoms with E-state index in [1.807, 2.05) is 13.8 Å². The van der Waals surface area contributed by atoms with Gasteiger partial charge in [-0.15, -0.1) is 12.4 Å². The van der Waals surface area contributed by atoms with E-state index < -0.39 is 17.2 Å². The zero-order valence-electron chi connectivity index (χ0n) is 14.3. The fourth-order valence-corrected chi connectivity index (χ4v) is 2.58. The molecule has 0 aliphatic carbocycles. The highest BCUT2D eigenvalue weighted by molar-refractivity contribution is 5.85. The second kappa shape index (κ2) is 8.87. The van der Waals surface area contributed by atoms with Crippen LogP contribution in [0.4, 0.5) is 13.2 Å². The van der Waals surface area contributed by atoms with Crippen LogP contribution in [0.2, 0.25) is 0 Å². The van der Waals surface area contributed by atoms with Crippen molar-refractivity contribution in [2.24, 2.45) is 0 Å². The molecule has 8 heteroatoms. The van der Waals surface area contributed by atoms with Gasteiger partial charge in [-0.25, -0.2) is 0 Å². The summed E-state index contributed by atoms with van der Waals surface area (Å²) in [5, 5.41) is 6.00. The molecule has 0 saturated carbocycles. The van der Waals surface area contributed by atoms with Gasteiger partial charge in [-0.2, -0.15) is 13.2 Å². The van der Waals surface area contributed by atoms with Crippen LogP contribution in [0.5, 0.6) is 0 Å². The molecule has 2 rings (SSSR count). The molecule has 0 radical (unpaired) electrons. The Bertz CT molecular complexity index is 573. The van der Waals surface area contributed by atoms with Gasteiger partial charge in [0.2, 0.25) is 5.91 Å². The highest BCUT2D eigenvalue weighted by atomic mass is 35.5. The maximum Gasteiger partial charge on any atom is 0.416 e. The van der Waals surface area contributed by atoms with Gasteiger partial charge >= 0.3 is 6.18 Å². The lowest BCUT2D eigenvalue weighted by Gasteiger charge is -2.28. The number of nitrogens with one attached hydrogen (secondary N) is 2. The van der Waals surface area contributed by atoms with E-state index in [-0.39, 0.29) is 30.9 Å². The second-order valence-corrected chi connectivity index (χ2v) is 6.67. The maximum absolute atomic E-state index is 12.8. The van der Waals surface area contributed by atoms with Gasteiger partial charge in [0.25, 0.3) is 0 Å². The first-order chi connectivity index (χ1) is 11.2. The van der Waals surface area contributed by atoms with Crippen molar-refractivity contribution in [2.45, 2.75) is 37.9 Å². The van der Waals surface area contributed by atoms with Crippen molar-refractivity contribution in [1.82, 2.24) is 10.6 Å². The van der Waals surface area contributed by atoms with Gasteiger partial charge in [-0.1, -0.05) is 32.0 Å². The third kappa shape index (κ3) is 6.49. The van der Waals surface area contributed by atoms with Gasteiger partial charge in [-0.05, 0) is 11.6 Å². The topological polar surface area (TPSA) is 50.4 Å². The Labute approximate surface area is 151 Å². The molecule has 1 heterocycles. The molecule has 0 bridgehead atoms. The van der Waals surface area contributed by atoms with Crippen molar-refractivity contribution in [3.05, 3.63) is 35.4 Å². The number of alkyl halides is 3. The fourth-order valence-electron chi connectivity index (χ4n) is 2.58. The van der Waals surface area contributed by atoms with Crippen LogP contribution in [0.15, 0.2) is 24.3 Å². The first-order valence-electron chi connectivity index (χ1n) is 7.94. The molecule has 1 saturated heterocycles. The summed E-state index contributed by atoms with van der Waals surface area (Å²) in [5.41, 5.74) is -0.743. The van der Waals surface area contributed by atoms with Gasteiger partial charge in [0.05, 0.1) is 18.8 Å². The minimum atomic E-state index is -4.37. The Kier molecular flexibility index (Phi) is 7.71. The predicted octanol–water partition coefficient (Wildman–Crippen LogP) is 2.90. The van der Waals surface area contributed by atoms with Crippen LogP contribution in [0.1, 0.15) is 31.4 Å². The first kappa shape index (κ1) is 21.7. The standard InChI is InChI=1S/C17H23F3N2O2.ClH/c1-16(2,12-4-3-5-13(8-12)17(18,19)20)11-22-15(23)9-14-10-24-7-6-21-14;/h3-5,8,14,21H,6-7,9-11H2,1-2H3,(H,22,23);1H. The van der Waals surface area contributed by atoms with Crippen LogP contribution in [0.25, 0.3) is 0 Å². The average molecular weight is 381 g/mol. The molecule has 1 atom stereocenters. The summed E-state index contributed by atoms with van der Waals surface area (Å²) in [6.45, 7) is 5.73. The van der Waals surface area contributed by atoms with Crippen LogP contribution < -0.4 is 10.6 Å². The van der Waals surface area contributed by atoms with Crippen molar-refractivity contribution in [1.29, 1.82) is 0 Å². The number of rotatable bonds is 5. The molecule has 1 aromatic rings. The largest absolute Gasteiger partial charge is 0.416 e. The fraction of sp³-hybridized carbons (Fsp3) is 0.588. The molecule has 0 aromatic heterocycles. The van der Waals surface area contributed by atoms with Crippen molar-refractivity contribution >= 4 is 18.3 Å². The molecule has 1 fully saturated rings. The van der Waals surface area contributed by atoms with E-state index in [2.05, 4.69) is 10.6 Å². The van der Waals surface area contributed by atoms with Gasteiger partial charge < -0.3 is 15.4 Å². The zero-order chi connectivity index (χ0) is 17.8. The Hall–Kier alpha value is -1.31. The summed E-state index contributed by atoms with van der Waals surface area (Å²) in [6.07, 6.45) is -4.08. The molecule has 2 N–H and O–H groups in total. The summed E-state index contributed by atoms with van der Waals surface area (Å²) in [5.74, 6) is -0.141. The van der Waals surface area contributed by atoms with E-state index in [0.717, 1.165) is 12.1 Å². The quantitative estimate of drug-likeness (QED) is 0.825. The minimum Gasteiger partial charge on any atom is -0.378 e. The molecule has 1 aromatic carbocycles. The smallest absolute Gasteiger partial charge is 0.378 e. The molecular weight excluding hydrogens is 357 g/mol. The van der Waals surface area contributed by atoms with E-state index in [1.165, 1.54) is 6.07 Å². The Morgan fingerprint density at radius 1 is 1.32 bits per heavy atom. The van der Waals surface area contributed by atoms with Crippen LogP contribution >= 0.6 is 12.4 Å². The highest BCUT2D eigenvalue weighted by Gasteiger charge is 2.32. The number of carbonyl (C=O) groups excluding carboxylic acids is 1. The lowest BCUT2D eigenvalue weighted by molar-refractivity contribution is -0.137. The van der Waals surface area contributed by atoms with Gasteiger partial charge in [-0.3, -0.25) is 4.79 Å². The molecule has 142 valence electrons. The monoisotopic (exact) mass is 380 g/mol. The summed E-state index contributed by atoms with van der Waals surface area (Å²) < 4.78 is 43.8. The molecule has 25 heavy (non-hydrogen) atoms. The number of halogens is 4. The van der Waals surface area contributed by atoms with Crippen LogP contribution in [-0.4, -0.2) is 38.3 Å². The third-order valence-electron chi connectivity index (χ3n) is 4.13. The zero-order valence-corrected chi connectivity index (χ0v) is 15.1. The molecular formula is C17H24ClF3N2O2. The van der Waals surface area contributed by atoms with Gasteiger partial charge in [0.1, 0.15) is 0 Å². The third-order valence-corrected chi connectivity index (χ3v) is 4.13. The number of ether oxygens (including phenoxy) is 1. The van der Waals surface area contributed by atoms with Crippen molar-refractivity contribution in [2.75, 3.05) is 26.3 Å². The highest BCUT2D eigenvalue weighted by Crippen LogP contribution is 2.32. The molecule has 0 spiro atoms. The van der Waals surface area contributed by atoms with Gasteiger partial charge in [0.15, 0.2) is 0 Å². The number of morpholine rings is 1. The number of carbonyl (C=O) groups is 1. The molecule has 1 aliphatic rings. The van der Waals surface area contributed by atoms with Crippen LogP contribution in [0, 0.1) is 0 Å². The Morgan fingerprint density at radius 3 is 2.60 bits per heavy atom. The molecule has 1 unspecified atom stereocenters. The van der Waals surface area contributed by atoms with Crippen LogP contribution in [0.3, 0.4) is 0 Å². The SMILES string of the molecule is CC(C)(CNC(=O)CC1COCCN1)c1cccc(C(F)(F)F)c1.Cl. The normalized spacial score (nSPS) is 18.4. The summed E-state index contributed by atoms with van der Waals surface area (Å²) in [6, 6.07) is 5.22. The number of hydrogen-bond donors (Lipinski definition) is 2. The van der Waals surface area contributed by atoms with Crippen molar-refractivity contribution < 1.29 is 22.7 Å². The van der Waals surface area contributed by atoms with E-state index in [1.54, 1.807) is 6.07 Å². The minimum absolute atomic E-state index is 0. The molecule has 4 nitrogen and oxygen atoms in total. The predicted molar refractivity (Wildman–Crippen MR) is 92.0 cm³/mol. The first-order valence-corrected chi connectivity index (χ1v) is 7.94. The summed E-state index contributed by atoms with van der Waals surface area (Å²) >= 11 is 0. The van der Waals surface area contributed by atoms with E-state index in [0.29, 0.717) is 31.7 Å². The summed E-state index contributed by atoms with van der Waals surface area (Å²) in [4.78, 5) is 12.0. The molecule has 1 amide bonds. The van der Waals surface area contributed by atoms with Crippen molar-refractivity contribution in [3.8, 4) is 0 Å². The molecule has 1 aliphatic heterocycles. The second-order valence-electron chi connectivity index (χ2n) is 6.67. The van der Waals surface area contributed by atoms with Crippen LogP contribution in [-0.2, 0) is 21.1 Å². The Balaban J connectivity index is 0.00000312. The average Bonchev–Trinajstić information content (AvgIpc) is 2.53. The van der Waals surface area contributed by atoms with Gasteiger partial charge in [0, 0.05) is 31.0 Å². The summed E-state index contributed by atoms with van der Waals surface area (Å²) in [7, 11) is 0. The van der Waals surface area contributed by atoms with Crippen molar-refractivity contribution in [3.63, 3.8) is 0 Å². The number of amides is 1. The lowest BCUT2D eigenvalue weighted by Crippen LogP contribution is -2.45. The number of hydrogen-bond acceptors (Lipinski definition) is 3.